The van der Waals surface area contributed by atoms with Gasteiger partial charge in [-0.05, 0) is 42.5 Å². The van der Waals surface area contributed by atoms with Crippen molar-refractivity contribution in [3.05, 3.63) is 94.5 Å². The number of pyridine rings is 1. The van der Waals surface area contributed by atoms with Crippen molar-refractivity contribution in [1.29, 1.82) is 0 Å². The first-order valence-electron chi connectivity index (χ1n) is 13.6. The SMILES string of the molecule is CC(=O)N1CCC(Oc2n[nH]c3nccc(Oc4ccc(NC(=O)c5ccnn(-c6ccc(F)cc6)c5=O)cc4F)c23)CC1.[Cl-].[H+]. The number of H-pyrrole nitrogens is 1. The van der Waals surface area contributed by atoms with E-state index in [2.05, 4.69) is 25.6 Å². The number of amides is 2. The van der Waals surface area contributed by atoms with Crippen LogP contribution >= 0.6 is 0 Å². The van der Waals surface area contributed by atoms with Crippen molar-refractivity contribution in [3.8, 4) is 23.1 Å². The first-order chi connectivity index (χ1) is 21.3. The number of piperidine rings is 1. The molecule has 12 nitrogen and oxygen atoms in total. The number of hydrogen-bond acceptors (Lipinski definition) is 8. The monoisotopic (exact) mass is 637 g/mol. The summed E-state index contributed by atoms with van der Waals surface area (Å²) >= 11 is 0. The van der Waals surface area contributed by atoms with Crippen molar-refractivity contribution in [2.24, 2.45) is 0 Å². The van der Waals surface area contributed by atoms with Crippen LogP contribution < -0.4 is 32.8 Å². The van der Waals surface area contributed by atoms with Crippen molar-refractivity contribution in [3.63, 3.8) is 0 Å². The Hall–Kier alpha value is -5.37. The summed E-state index contributed by atoms with van der Waals surface area (Å²) in [6.07, 6.45) is 3.82. The molecule has 5 aromatic rings. The summed E-state index contributed by atoms with van der Waals surface area (Å²) < 4.78 is 41.5. The third kappa shape index (κ3) is 6.60. The smallest absolute Gasteiger partial charge is 1.00 e. The molecule has 15 heteroatoms. The van der Waals surface area contributed by atoms with Crippen LogP contribution in [0.5, 0.6) is 17.4 Å². The lowest BCUT2D eigenvalue weighted by atomic mass is 10.1. The molecule has 1 aliphatic rings. The average molecular weight is 638 g/mol. The predicted molar refractivity (Wildman–Crippen MR) is 155 cm³/mol. The first kappa shape index (κ1) is 31.1. The highest BCUT2D eigenvalue weighted by Gasteiger charge is 2.25. The Bertz CT molecular complexity index is 1930. The zero-order valence-electron chi connectivity index (χ0n) is 24.7. The van der Waals surface area contributed by atoms with Crippen molar-refractivity contribution in [1.82, 2.24) is 29.9 Å². The van der Waals surface area contributed by atoms with Crippen molar-refractivity contribution in [2.45, 2.75) is 25.9 Å². The second kappa shape index (κ2) is 13.1. The van der Waals surface area contributed by atoms with Gasteiger partial charge in [0.1, 0.15) is 28.6 Å². The Morgan fingerprint density at radius 1 is 1.02 bits per heavy atom. The Kier molecular flexibility index (Phi) is 9.04. The molecule has 0 bridgehead atoms. The molecule has 0 aliphatic carbocycles. The van der Waals surface area contributed by atoms with E-state index in [1.54, 1.807) is 11.0 Å². The highest BCUT2D eigenvalue weighted by atomic mass is 35.5. The van der Waals surface area contributed by atoms with Gasteiger partial charge >= 0.3 is 1.43 Å². The van der Waals surface area contributed by atoms with Gasteiger partial charge in [0, 0.05) is 63.1 Å². The number of ether oxygens (including phenoxy) is 2. The molecule has 45 heavy (non-hydrogen) atoms. The number of benzene rings is 2. The number of nitrogens with zero attached hydrogens (tertiary/aromatic N) is 5. The third-order valence-electron chi connectivity index (χ3n) is 7.13. The number of fused-ring (bicyclic) bond motifs is 1. The van der Waals surface area contributed by atoms with Crippen molar-refractivity contribution in [2.75, 3.05) is 18.4 Å². The van der Waals surface area contributed by atoms with E-state index in [0.717, 1.165) is 10.7 Å². The van der Waals surface area contributed by atoms with Crippen LogP contribution in [-0.2, 0) is 4.79 Å². The van der Waals surface area contributed by atoms with Crippen LogP contribution in [0.3, 0.4) is 0 Å². The zero-order chi connectivity index (χ0) is 30.8. The van der Waals surface area contributed by atoms with Gasteiger partial charge in [0.2, 0.25) is 11.8 Å². The van der Waals surface area contributed by atoms with Crippen LogP contribution in [0.4, 0.5) is 14.5 Å². The van der Waals surface area contributed by atoms with Crippen molar-refractivity contribution >= 4 is 28.5 Å². The molecule has 0 saturated carbocycles. The Balaban J connectivity index is 0.00000240. The van der Waals surface area contributed by atoms with Gasteiger partial charge in [0.15, 0.2) is 17.2 Å². The highest BCUT2D eigenvalue weighted by Crippen LogP contribution is 2.36. The molecule has 2 aromatic carbocycles. The number of halogens is 3. The van der Waals surface area contributed by atoms with E-state index in [1.165, 1.54) is 61.8 Å². The number of carbonyl (C=O) groups excluding carboxylic acids is 2. The average Bonchev–Trinajstić information content (AvgIpc) is 3.43. The summed E-state index contributed by atoms with van der Waals surface area (Å²) in [4.78, 5) is 43.5. The van der Waals surface area contributed by atoms with Crippen molar-refractivity contribution < 1.29 is 41.7 Å². The number of nitrogens with one attached hydrogen (secondary N) is 2. The van der Waals surface area contributed by atoms with Crippen LogP contribution in [0.25, 0.3) is 16.7 Å². The number of rotatable bonds is 7. The van der Waals surface area contributed by atoms with Gasteiger partial charge in [-0.1, -0.05) is 0 Å². The van der Waals surface area contributed by atoms with Crippen LogP contribution in [0.15, 0.2) is 71.8 Å². The fourth-order valence-corrected chi connectivity index (χ4v) is 4.84. The Morgan fingerprint density at radius 2 is 1.78 bits per heavy atom. The van der Waals surface area contributed by atoms with Crippen LogP contribution in [0.1, 0.15) is 31.6 Å². The standard InChI is InChI=1S/C30H25F2N7O5.ClH/c1-17(40)38-14-10-21(11-15-38)43-29-26-25(9-12-33-27(26)36-37-29)44-24-7-4-19(16-23(24)32)35-28(41)22-8-13-34-39(30(22)42)20-5-2-18(31)3-6-20;/h2-9,12-13,16,21H,10-11,14-15H2,1H3,(H,35,41)(H,33,36,37);1H. The van der Waals surface area contributed by atoms with Crippen LogP contribution in [-0.4, -0.2) is 60.9 Å². The maximum atomic E-state index is 15.2. The minimum absolute atomic E-state index is 0. The van der Waals surface area contributed by atoms with Gasteiger partial charge in [-0.25, -0.2) is 13.8 Å². The molecule has 2 amide bonds. The fraction of sp³-hybridized carbons (Fsp3) is 0.200. The van der Waals surface area contributed by atoms with Gasteiger partial charge in [-0.3, -0.25) is 19.5 Å². The lowest BCUT2D eigenvalue weighted by Gasteiger charge is -2.31. The zero-order valence-corrected chi connectivity index (χ0v) is 24.4. The molecular weight excluding hydrogens is 612 g/mol. The molecule has 0 unspecified atom stereocenters. The minimum atomic E-state index is -0.786. The molecule has 1 aliphatic heterocycles. The molecular formula is C30H26ClF2N7O5. The summed E-state index contributed by atoms with van der Waals surface area (Å²) in [6.45, 7) is 2.68. The van der Waals surface area contributed by atoms with Crippen LogP contribution in [0, 0.1) is 11.6 Å². The number of aromatic nitrogens is 5. The van der Waals surface area contributed by atoms with Gasteiger partial charge in [0.25, 0.3) is 11.5 Å². The summed E-state index contributed by atoms with van der Waals surface area (Å²) in [5.41, 5.74) is -0.251. The molecule has 2 N–H and O–H groups in total. The maximum Gasteiger partial charge on any atom is 1.00 e. The minimum Gasteiger partial charge on any atom is -1.00 e. The molecule has 0 radical (unpaired) electrons. The highest BCUT2D eigenvalue weighted by molar-refractivity contribution is 6.04. The summed E-state index contributed by atoms with van der Waals surface area (Å²) in [5.74, 6) is -1.69. The molecule has 1 fully saturated rings. The topological polar surface area (TPSA) is 144 Å². The molecule has 3 aromatic heterocycles. The number of aromatic amines is 1. The number of anilines is 1. The predicted octanol–water partition coefficient (Wildman–Crippen LogP) is 1.33. The van der Waals surface area contributed by atoms with E-state index in [4.69, 9.17) is 9.47 Å². The van der Waals surface area contributed by atoms with E-state index in [1.807, 2.05) is 0 Å². The second-order valence-electron chi connectivity index (χ2n) is 10.0. The summed E-state index contributed by atoms with van der Waals surface area (Å²) in [5, 5.41) is 13.9. The Labute approximate surface area is 261 Å². The van der Waals surface area contributed by atoms with E-state index in [9.17, 15) is 18.8 Å². The summed E-state index contributed by atoms with van der Waals surface area (Å²) in [6, 6.07) is 11.6. The first-order valence-corrected chi connectivity index (χ1v) is 13.6. The molecule has 4 heterocycles. The molecule has 6 rings (SSSR count). The van der Waals surface area contributed by atoms with Gasteiger partial charge in [-0.2, -0.15) is 9.78 Å². The quantitative estimate of drug-likeness (QED) is 0.272. The lowest BCUT2D eigenvalue weighted by molar-refractivity contribution is -0.130. The number of hydrogen-bond donors (Lipinski definition) is 2. The van der Waals surface area contributed by atoms with Gasteiger partial charge in [-0.15, -0.1) is 5.10 Å². The molecule has 232 valence electrons. The van der Waals surface area contributed by atoms with Gasteiger partial charge in [0.05, 0.1) is 5.69 Å². The second-order valence-corrected chi connectivity index (χ2v) is 10.0. The summed E-state index contributed by atoms with van der Waals surface area (Å²) in [7, 11) is 0. The normalized spacial score (nSPS) is 13.3. The molecule has 0 spiro atoms. The largest absolute Gasteiger partial charge is 1.00 e. The van der Waals surface area contributed by atoms with E-state index >= 15 is 4.39 Å². The lowest BCUT2D eigenvalue weighted by Crippen LogP contribution is -3.00. The number of carbonyl (C=O) groups is 2. The van der Waals surface area contributed by atoms with E-state index in [0.29, 0.717) is 37.0 Å². The van der Waals surface area contributed by atoms with Crippen LogP contribution in [0.2, 0.25) is 0 Å². The maximum absolute atomic E-state index is 15.2. The Morgan fingerprint density at radius 3 is 2.49 bits per heavy atom. The fourth-order valence-electron chi connectivity index (χ4n) is 4.84. The van der Waals surface area contributed by atoms with E-state index < -0.39 is 23.1 Å². The van der Waals surface area contributed by atoms with E-state index in [-0.39, 0.29) is 60.2 Å². The number of likely N-dealkylation sites (tertiary alicyclic amines) is 1. The molecule has 1 saturated heterocycles. The van der Waals surface area contributed by atoms with Gasteiger partial charge < -0.3 is 32.1 Å². The molecule has 0 atom stereocenters. The third-order valence-corrected chi connectivity index (χ3v) is 7.13.